The van der Waals surface area contributed by atoms with Crippen LogP contribution >= 0.6 is 12.4 Å². The molecule has 0 radical (unpaired) electrons. The molecule has 1 unspecified atom stereocenters. The van der Waals surface area contributed by atoms with Crippen molar-refractivity contribution in [3.63, 3.8) is 0 Å². The summed E-state index contributed by atoms with van der Waals surface area (Å²) in [4.78, 5) is 5.25. The predicted molar refractivity (Wildman–Crippen MR) is 80.3 cm³/mol. The second-order valence-corrected chi connectivity index (χ2v) is 6.08. The maximum absolute atomic E-state index is 5.65. The molecule has 1 atom stereocenters. The number of piperidine rings is 2. The Balaban J connectivity index is 0.00000162. The van der Waals surface area contributed by atoms with Crippen molar-refractivity contribution in [2.75, 3.05) is 45.8 Å². The number of likely N-dealkylation sites (tertiary alicyclic amines) is 2. The molecular weight excluding hydrogens is 246 g/mol. The third kappa shape index (κ3) is 5.04. The van der Waals surface area contributed by atoms with Crippen LogP contribution in [0.5, 0.6) is 0 Å². The van der Waals surface area contributed by atoms with Crippen LogP contribution in [-0.4, -0.2) is 55.6 Å². The van der Waals surface area contributed by atoms with Gasteiger partial charge in [0.2, 0.25) is 0 Å². The molecule has 0 aromatic carbocycles. The molecule has 3 nitrogen and oxygen atoms in total. The zero-order chi connectivity index (χ0) is 12.1. The van der Waals surface area contributed by atoms with Gasteiger partial charge >= 0.3 is 0 Å². The molecule has 2 rings (SSSR count). The molecule has 0 saturated carbocycles. The van der Waals surface area contributed by atoms with Crippen molar-refractivity contribution in [2.45, 2.75) is 32.6 Å². The predicted octanol–water partition coefficient (Wildman–Crippen LogP) is 1.81. The van der Waals surface area contributed by atoms with Crippen LogP contribution in [0, 0.1) is 11.8 Å². The smallest absolute Gasteiger partial charge is 0.0105 e. The van der Waals surface area contributed by atoms with Crippen LogP contribution in [0.1, 0.15) is 32.6 Å². The molecule has 0 amide bonds. The molecule has 0 aromatic rings. The number of hydrogen-bond acceptors (Lipinski definition) is 3. The van der Waals surface area contributed by atoms with Gasteiger partial charge in [0.05, 0.1) is 0 Å². The van der Waals surface area contributed by atoms with Gasteiger partial charge < -0.3 is 15.5 Å². The van der Waals surface area contributed by atoms with Gasteiger partial charge in [-0.15, -0.1) is 12.4 Å². The van der Waals surface area contributed by atoms with Crippen molar-refractivity contribution in [3.05, 3.63) is 0 Å². The number of halogens is 1. The summed E-state index contributed by atoms with van der Waals surface area (Å²) in [7, 11) is 0. The van der Waals surface area contributed by atoms with Gasteiger partial charge in [0, 0.05) is 26.2 Å². The van der Waals surface area contributed by atoms with Gasteiger partial charge in [-0.05, 0) is 57.2 Å². The lowest BCUT2D eigenvalue weighted by molar-refractivity contribution is 0.114. The highest BCUT2D eigenvalue weighted by molar-refractivity contribution is 5.85. The highest BCUT2D eigenvalue weighted by Crippen LogP contribution is 2.21. The average Bonchev–Trinajstić information content (AvgIpc) is 2.33. The Bertz CT molecular complexity index is 215. The first kappa shape index (κ1) is 16.2. The standard InChI is InChI=1S/C14H29N3.ClH/c1-13-4-8-17(9-5-13)12-14-3-2-7-16(11-14)10-6-15;/h13-14H,2-12,15H2,1H3;1H. The molecule has 0 aromatic heterocycles. The summed E-state index contributed by atoms with van der Waals surface area (Å²) in [6.45, 7) is 10.8. The van der Waals surface area contributed by atoms with Crippen LogP contribution in [0.2, 0.25) is 0 Å². The van der Waals surface area contributed by atoms with E-state index in [4.69, 9.17) is 5.73 Å². The first-order chi connectivity index (χ1) is 8.28. The zero-order valence-electron chi connectivity index (χ0n) is 11.8. The van der Waals surface area contributed by atoms with Crippen LogP contribution < -0.4 is 5.73 Å². The largest absolute Gasteiger partial charge is 0.329 e. The summed E-state index contributed by atoms with van der Waals surface area (Å²) in [5, 5.41) is 0. The fraction of sp³-hybridized carbons (Fsp3) is 1.00. The van der Waals surface area contributed by atoms with Gasteiger partial charge in [-0.3, -0.25) is 0 Å². The van der Waals surface area contributed by atoms with Crippen molar-refractivity contribution >= 4 is 12.4 Å². The molecular formula is C14H30ClN3. The molecule has 2 heterocycles. The summed E-state index contributed by atoms with van der Waals surface area (Å²) in [5.74, 6) is 1.84. The van der Waals surface area contributed by atoms with Crippen LogP contribution in [-0.2, 0) is 0 Å². The van der Waals surface area contributed by atoms with Crippen molar-refractivity contribution < 1.29 is 0 Å². The normalized spacial score (nSPS) is 28.0. The van der Waals surface area contributed by atoms with Gasteiger partial charge in [-0.2, -0.15) is 0 Å². The van der Waals surface area contributed by atoms with E-state index in [9.17, 15) is 0 Å². The van der Waals surface area contributed by atoms with E-state index in [1.807, 2.05) is 0 Å². The van der Waals surface area contributed by atoms with Crippen molar-refractivity contribution in [3.8, 4) is 0 Å². The number of rotatable bonds is 4. The Hall–Kier alpha value is 0.170. The topological polar surface area (TPSA) is 32.5 Å². The Morgan fingerprint density at radius 1 is 1.06 bits per heavy atom. The third-order valence-corrected chi connectivity index (χ3v) is 4.44. The molecule has 0 aliphatic carbocycles. The van der Waals surface area contributed by atoms with Crippen molar-refractivity contribution in [2.24, 2.45) is 17.6 Å². The molecule has 2 saturated heterocycles. The summed E-state index contributed by atoms with van der Waals surface area (Å²) in [6, 6.07) is 0. The zero-order valence-corrected chi connectivity index (χ0v) is 12.6. The molecule has 0 bridgehead atoms. The number of hydrogen-bond donors (Lipinski definition) is 1. The number of nitrogens with zero attached hydrogens (tertiary/aromatic N) is 2. The summed E-state index contributed by atoms with van der Waals surface area (Å²) >= 11 is 0. The second-order valence-electron chi connectivity index (χ2n) is 6.08. The maximum Gasteiger partial charge on any atom is 0.0105 e. The van der Waals surface area contributed by atoms with Crippen LogP contribution in [0.15, 0.2) is 0 Å². The Morgan fingerprint density at radius 3 is 2.44 bits per heavy atom. The monoisotopic (exact) mass is 275 g/mol. The molecule has 2 fully saturated rings. The molecule has 108 valence electrons. The van der Waals surface area contributed by atoms with Gasteiger partial charge in [0.15, 0.2) is 0 Å². The molecule has 18 heavy (non-hydrogen) atoms. The summed E-state index contributed by atoms with van der Waals surface area (Å²) < 4.78 is 0. The minimum atomic E-state index is 0. The highest BCUT2D eigenvalue weighted by atomic mass is 35.5. The van der Waals surface area contributed by atoms with Gasteiger partial charge in [-0.25, -0.2) is 0 Å². The lowest BCUT2D eigenvalue weighted by Gasteiger charge is -2.37. The fourth-order valence-electron chi connectivity index (χ4n) is 3.30. The molecule has 4 heteroatoms. The summed E-state index contributed by atoms with van der Waals surface area (Å²) in [6.07, 6.45) is 5.60. The van der Waals surface area contributed by atoms with E-state index in [0.717, 1.165) is 24.9 Å². The van der Waals surface area contributed by atoms with E-state index in [0.29, 0.717) is 0 Å². The van der Waals surface area contributed by atoms with Crippen LogP contribution in [0.25, 0.3) is 0 Å². The van der Waals surface area contributed by atoms with E-state index >= 15 is 0 Å². The van der Waals surface area contributed by atoms with Gasteiger partial charge in [-0.1, -0.05) is 6.92 Å². The Kier molecular flexibility index (Phi) is 7.54. The molecule has 2 N–H and O–H groups in total. The van der Waals surface area contributed by atoms with E-state index in [-0.39, 0.29) is 12.4 Å². The lowest BCUT2D eigenvalue weighted by Crippen LogP contribution is -2.44. The molecule has 0 spiro atoms. The van der Waals surface area contributed by atoms with Crippen LogP contribution in [0.4, 0.5) is 0 Å². The first-order valence-electron chi connectivity index (χ1n) is 7.42. The lowest BCUT2D eigenvalue weighted by atomic mass is 9.94. The SMILES string of the molecule is CC1CCN(CC2CCCN(CCN)C2)CC1.Cl. The van der Waals surface area contributed by atoms with Crippen molar-refractivity contribution in [1.29, 1.82) is 0 Å². The van der Waals surface area contributed by atoms with Crippen LogP contribution in [0.3, 0.4) is 0 Å². The molecule has 2 aliphatic rings. The Labute approximate surface area is 118 Å². The van der Waals surface area contributed by atoms with E-state index < -0.39 is 0 Å². The number of nitrogens with two attached hydrogens (primary N) is 1. The second kappa shape index (κ2) is 8.36. The minimum absolute atomic E-state index is 0. The minimum Gasteiger partial charge on any atom is -0.329 e. The maximum atomic E-state index is 5.65. The van der Waals surface area contributed by atoms with E-state index in [1.54, 1.807) is 0 Å². The fourth-order valence-corrected chi connectivity index (χ4v) is 3.30. The third-order valence-electron chi connectivity index (χ3n) is 4.44. The average molecular weight is 276 g/mol. The van der Waals surface area contributed by atoms with E-state index in [1.165, 1.54) is 58.4 Å². The Morgan fingerprint density at radius 2 is 1.78 bits per heavy atom. The molecule has 2 aliphatic heterocycles. The summed E-state index contributed by atoms with van der Waals surface area (Å²) in [5.41, 5.74) is 5.65. The highest BCUT2D eigenvalue weighted by Gasteiger charge is 2.23. The van der Waals surface area contributed by atoms with E-state index in [2.05, 4.69) is 16.7 Å². The van der Waals surface area contributed by atoms with Gasteiger partial charge in [0.1, 0.15) is 0 Å². The first-order valence-corrected chi connectivity index (χ1v) is 7.42. The van der Waals surface area contributed by atoms with Gasteiger partial charge in [0.25, 0.3) is 0 Å². The van der Waals surface area contributed by atoms with Crippen molar-refractivity contribution in [1.82, 2.24) is 9.80 Å². The quantitative estimate of drug-likeness (QED) is 0.849.